The highest BCUT2D eigenvalue weighted by molar-refractivity contribution is 7.09. The summed E-state index contributed by atoms with van der Waals surface area (Å²) in [7, 11) is 0. The molecule has 0 aliphatic heterocycles. The predicted octanol–water partition coefficient (Wildman–Crippen LogP) is 3.60. The molecule has 134 valence electrons. The van der Waals surface area contributed by atoms with E-state index in [1.54, 1.807) is 11.3 Å². The molecule has 0 saturated carbocycles. The number of hydrogen-bond donors (Lipinski definition) is 3. The third-order valence-corrected chi connectivity index (χ3v) is 4.40. The SMILES string of the molecule is CCNC(=NCc1ccc(NC(=O)C(C)C)cc1)NCc1cccs1. The highest BCUT2D eigenvalue weighted by Gasteiger charge is 2.06. The molecule has 0 unspecified atom stereocenters. The number of guanidine groups is 1. The van der Waals surface area contributed by atoms with Gasteiger partial charge in [-0.15, -0.1) is 11.3 Å². The van der Waals surface area contributed by atoms with E-state index in [-0.39, 0.29) is 11.8 Å². The van der Waals surface area contributed by atoms with Gasteiger partial charge in [-0.25, -0.2) is 4.99 Å². The molecule has 5 nitrogen and oxygen atoms in total. The Kier molecular flexibility index (Phi) is 7.47. The summed E-state index contributed by atoms with van der Waals surface area (Å²) >= 11 is 1.73. The fraction of sp³-hybridized carbons (Fsp3) is 0.368. The Morgan fingerprint density at radius 1 is 1.16 bits per heavy atom. The van der Waals surface area contributed by atoms with E-state index >= 15 is 0 Å². The van der Waals surface area contributed by atoms with Gasteiger partial charge in [-0.05, 0) is 36.1 Å². The number of aliphatic imine (C=N–C) groups is 1. The Hall–Kier alpha value is -2.34. The largest absolute Gasteiger partial charge is 0.357 e. The molecular formula is C19H26N4OS. The number of amides is 1. The summed E-state index contributed by atoms with van der Waals surface area (Å²) in [6, 6.07) is 12.0. The minimum Gasteiger partial charge on any atom is -0.357 e. The van der Waals surface area contributed by atoms with Crippen molar-refractivity contribution < 1.29 is 4.79 Å². The molecule has 1 amide bonds. The highest BCUT2D eigenvalue weighted by atomic mass is 32.1. The van der Waals surface area contributed by atoms with Gasteiger partial charge in [0, 0.05) is 23.0 Å². The first-order chi connectivity index (χ1) is 12.1. The quantitative estimate of drug-likeness (QED) is 0.523. The molecule has 6 heteroatoms. The predicted molar refractivity (Wildman–Crippen MR) is 106 cm³/mol. The topological polar surface area (TPSA) is 65.5 Å². The van der Waals surface area contributed by atoms with Crippen molar-refractivity contribution >= 4 is 28.9 Å². The van der Waals surface area contributed by atoms with E-state index in [0.29, 0.717) is 6.54 Å². The minimum absolute atomic E-state index is 0.0259. The van der Waals surface area contributed by atoms with Crippen LogP contribution in [0.2, 0.25) is 0 Å². The van der Waals surface area contributed by atoms with Crippen molar-refractivity contribution in [2.45, 2.75) is 33.9 Å². The summed E-state index contributed by atoms with van der Waals surface area (Å²) in [5.74, 6) is 0.799. The second kappa shape index (κ2) is 9.84. The molecule has 25 heavy (non-hydrogen) atoms. The van der Waals surface area contributed by atoms with Gasteiger partial charge in [0.15, 0.2) is 5.96 Å². The lowest BCUT2D eigenvalue weighted by molar-refractivity contribution is -0.118. The van der Waals surface area contributed by atoms with Crippen molar-refractivity contribution in [3.05, 3.63) is 52.2 Å². The van der Waals surface area contributed by atoms with Crippen LogP contribution in [0.4, 0.5) is 5.69 Å². The fourth-order valence-electron chi connectivity index (χ4n) is 2.08. The number of rotatable bonds is 7. The van der Waals surface area contributed by atoms with Crippen LogP contribution >= 0.6 is 11.3 Å². The zero-order valence-corrected chi connectivity index (χ0v) is 15.8. The van der Waals surface area contributed by atoms with Crippen molar-refractivity contribution in [2.75, 3.05) is 11.9 Å². The second-order valence-electron chi connectivity index (χ2n) is 5.97. The van der Waals surface area contributed by atoms with E-state index in [2.05, 4.69) is 39.3 Å². The maximum absolute atomic E-state index is 11.7. The van der Waals surface area contributed by atoms with E-state index in [4.69, 9.17) is 0 Å². The third kappa shape index (κ3) is 6.58. The van der Waals surface area contributed by atoms with Crippen molar-refractivity contribution in [2.24, 2.45) is 10.9 Å². The van der Waals surface area contributed by atoms with Gasteiger partial charge < -0.3 is 16.0 Å². The fourth-order valence-corrected chi connectivity index (χ4v) is 2.72. The number of carbonyl (C=O) groups is 1. The monoisotopic (exact) mass is 358 g/mol. The first kappa shape index (κ1) is 19.0. The van der Waals surface area contributed by atoms with Crippen LogP contribution in [0.3, 0.4) is 0 Å². The van der Waals surface area contributed by atoms with Gasteiger partial charge in [0.25, 0.3) is 0 Å². The molecule has 1 heterocycles. The minimum atomic E-state index is -0.0265. The van der Waals surface area contributed by atoms with Crippen LogP contribution in [0.1, 0.15) is 31.2 Å². The summed E-state index contributed by atoms with van der Waals surface area (Å²) < 4.78 is 0. The summed E-state index contributed by atoms with van der Waals surface area (Å²) in [4.78, 5) is 17.6. The van der Waals surface area contributed by atoms with E-state index in [1.165, 1.54) is 4.88 Å². The number of nitrogens with one attached hydrogen (secondary N) is 3. The number of hydrogen-bond acceptors (Lipinski definition) is 3. The lowest BCUT2D eigenvalue weighted by Crippen LogP contribution is -2.36. The number of benzene rings is 1. The summed E-state index contributed by atoms with van der Waals surface area (Å²) in [6.07, 6.45) is 0. The summed E-state index contributed by atoms with van der Waals surface area (Å²) in [6.45, 7) is 7.97. The molecule has 0 bridgehead atoms. The highest BCUT2D eigenvalue weighted by Crippen LogP contribution is 2.12. The average molecular weight is 359 g/mol. The zero-order valence-electron chi connectivity index (χ0n) is 15.0. The maximum atomic E-state index is 11.7. The van der Waals surface area contributed by atoms with Gasteiger partial charge in [-0.1, -0.05) is 32.0 Å². The van der Waals surface area contributed by atoms with Gasteiger partial charge in [0.05, 0.1) is 13.1 Å². The molecule has 0 aliphatic carbocycles. The van der Waals surface area contributed by atoms with Crippen molar-refractivity contribution in [3.63, 3.8) is 0 Å². The average Bonchev–Trinajstić information content (AvgIpc) is 3.12. The standard InChI is InChI=1S/C19H26N4OS/c1-4-20-19(22-13-17-6-5-11-25-17)21-12-15-7-9-16(10-8-15)23-18(24)14(2)3/h5-11,14H,4,12-13H2,1-3H3,(H,23,24)(H2,20,21,22). The molecule has 2 rings (SSSR count). The maximum Gasteiger partial charge on any atom is 0.226 e. The smallest absolute Gasteiger partial charge is 0.226 e. The van der Waals surface area contributed by atoms with Crippen molar-refractivity contribution in [3.8, 4) is 0 Å². The van der Waals surface area contributed by atoms with Crippen LogP contribution in [-0.4, -0.2) is 18.4 Å². The third-order valence-electron chi connectivity index (χ3n) is 3.52. The molecule has 0 aliphatic rings. The van der Waals surface area contributed by atoms with E-state index in [0.717, 1.165) is 30.3 Å². The normalized spacial score (nSPS) is 11.4. The van der Waals surface area contributed by atoms with Gasteiger partial charge in [0.1, 0.15) is 0 Å². The van der Waals surface area contributed by atoms with Crippen molar-refractivity contribution in [1.29, 1.82) is 0 Å². The first-order valence-corrected chi connectivity index (χ1v) is 9.40. The molecule has 2 aromatic rings. The molecule has 1 aromatic carbocycles. The number of nitrogens with zero attached hydrogens (tertiary/aromatic N) is 1. The Morgan fingerprint density at radius 2 is 1.92 bits per heavy atom. The van der Waals surface area contributed by atoms with Crippen LogP contribution in [0.15, 0.2) is 46.8 Å². The Labute approximate surface area is 153 Å². The Balaban J connectivity index is 1.91. The van der Waals surface area contributed by atoms with Crippen LogP contribution in [0.25, 0.3) is 0 Å². The van der Waals surface area contributed by atoms with E-state index in [9.17, 15) is 4.79 Å². The van der Waals surface area contributed by atoms with Crippen LogP contribution in [0.5, 0.6) is 0 Å². The lowest BCUT2D eigenvalue weighted by atomic mass is 10.2. The van der Waals surface area contributed by atoms with Crippen molar-refractivity contribution in [1.82, 2.24) is 10.6 Å². The van der Waals surface area contributed by atoms with Gasteiger partial charge in [-0.3, -0.25) is 4.79 Å². The zero-order chi connectivity index (χ0) is 18.1. The summed E-state index contributed by atoms with van der Waals surface area (Å²) in [5, 5.41) is 11.5. The van der Waals surface area contributed by atoms with Gasteiger partial charge >= 0.3 is 0 Å². The Morgan fingerprint density at radius 3 is 2.52 bits per heavy atom. The number of carbonyl (C=O) groups excluding carboxylic acids is 1. The number of thiophene rings is 1. The van der Waals surface area contributed by atoms with Crippen LogP contribution < -0.4 is 16.0 Å². The first-order valence-electron chi connectivity index (χ1n) is 8.53. The lowest BCUT2D eigenvalue weighted by Gasteiger charge is -2.11. The number of anilines is 1. The van der Waals surface area contributed by atoms with E-state index < -0.39 is 0 Å². The molecule has 1 aromatic heterocycles. The van der Waals surface area contributed by atoms with Crippen LogP contribution in [0, 0.1) is 5.92 Å². The molecule has 0 fully saturated rings. The molecule has 3 N–H and O–H groups in total. The molecule has 0 saturated heterocycles. The summed E-state index contributed by atoms with van der Waals surface area (Å²) in [5.41, 5.74) is 1.91. The molecule has 0 radical (unpaired) electrons. The second-order valence-corrected chi connectivity index (χ2v) is 7.00. The molecule has 0 atom stereocenters. The molecule has 0 spiro atoms. The molecular weight excluding hydrogens is 332 g/mol. The van der Waals surface area contributed by atoms with Crippen LogP contribution in [-0.2, 0) is 17.9 Å². The van der Waals surface area contributed by atoms with E-state index in [1.807, 2.05) is 44.2 Å². The van der Waals surface area contributed by atoms with Gasteiger partial charge in [-0.2, -0.15) is 0 Å². The van der Waals surface area contributed by atoms with Gasteiger partial charge in [0.2, 0.25) is 5.91 Å². The Bertz CT molecular complexity index is 678.